The van der Waals surface area contributed by atoms with Gasteiger partial charge in [-0.3, -0.25) is 0 Å². The van der Waals surface area contributed by atoms with Crippen molar-refractivity contribution in [3.05, 3.63) is 29.3 Å². The third-order valence-electron chi connectivity index (χ3n) is 3.54. The van der Waals surface area contributed by atoms with Crippen LogP contribution >= 0.6 is 0 Å². The van der Waals surface area contributed by atoms with Crippen molar-refractivity contribution in [1.29, 1.82) is 5.26 Å². The van der Waals surface area contributed by atoms with Crippen LogP contribution in [0.2, 0.25) is 0 Å². The molecule has 2 rings (SSSR count). The van der Waals surface area contributed by atoms with Crippen molar-refractivity contribution in [1.82, 2.24) is 4.90 Å². The van der Waals surface area contributed by atoms with Crippen LogP contribution in [0.1, 0.15) is 30.4 Å². The Hall–Kier alpha value is -1.53. The molecule has 0 aromatic heterocycles. The van der Waals surface area contributed by atoms with Gasteiger partial charge >= 0.3 is 0 Å². The van der Waals surface area contributed by atoms with Crippen LogP contribution in [0.3, 0.4) is 0 Å². The van der Waals surface area contributed by atoms with Crippen LogP contribution in [0.4, 0.5) is 0 Å². The SMILES string of the molecule is CN(C)Cc1cc(C2(C#N)CCC2)ccc1O. The van der Waals surface area contributed by atoms with Crippen molar-refractivity contribution in [2.45, 2.75) is 31.2 Å². The molecule has 0 spiro atoms. The van der Waals surface area contributed by atoms with Crippen molar-refractivity contribution in [2.24, 2.45) is 0 Å². The molecule has 1 aliphatic carbocycles. The number of benzene rings is 1. The molecule has 1 aromatic carbocycles. The van der Waals surface area contributed by atoms with E-state index < -0.39 is 0 Å². The zero-order valence-corrected chi connectivity index (χ0v) is 10.4. The maximum atomic E-state index is 9.80. The van der Waals surface area contributed by atoms with E-state index in [1.54, 1.807) is 6.07 Å². The van der Waals surface area contributed by atoms with Gasteiger partial charge in [0.25, 0.3) is 0 Å². The molecule has 0 atom stereocenters. The van der Waals surface area contributed by atoms with Crippen LogP contribution in [0.5, 0.6) is 5.75 Å². The molecule has 0 unspecified atom stereocenters. The van der Waals surface area contributed by atoms with Gasteiger partial charge in [0.05, 0.1) is 11.5 Å². The zero-order chi connectivity index (χ0) is 12.5. The lowest BCUT2D eigenvalue weighted by molar-refractivity contribution is 0.322. The molecule has 0 aliphatic heterocycles. The van der Waals surface area contributed by atoms with Crippen molar-refractivity contribution in [3.8, 4) is 11.8 Å². The summed E-state index contributed by atoms with van der Waals surface area (Å²) in [6, 6.07) is 8.02. The number of nitriles is 1. The van der Waals surface area contributed by atoms with Crippen LogP contribution < -0.4 is 0 Å². The Morgan fingerprint density at radius 3 is 2.59 bits per heavy atom. The van der Waals surface area contributed by atoms with Gasteiger partial charge in [0.1, 0.15) is 5.75 Å². The zero-order valence-electron chi connectivity index (χ0n) is 10.4. The van der Waals surface area contributed by atoms with Crippen molar-refractivity contribution >= 4 is 0 Å². The molecular weight excluding hydrogens is 212 g/mol. The van der Waals surface area contributed by atoms with E-state index in [0.717, 1.165) is 30.4 Å². The van der Waals surface area contributed by atoms with E-state index >= 15 is 0 Å². The molecular formula is C14H18N2O. The first-order chi connectivity index (χ1) is 8.07. The van der Waals surface area contributed by atoms with Gasteiger partial charge in [0.15, 0.2) is 0 Å². The summed E-state index contributed by atoms with van der Waals surface area (Å²) in [4.78, 5) is 2.01. The highest BCUT2D eigenvalue weighted by Gasteiger charge is 2.39. The Balaban J connectivity index is 2.34. The monoisotopic (exact) mass is 230 g/mol. The van der Waals surface area contributed by atoms with Gasteiger partial charge in [-0.1, -0.05) is 6.07 Å². The minimum absolute atomic E-state index is 0.297. The maximum Gasteiger partial charge on any atom is 0.120 e. The minimum Gasteiger partial charge on any atom is -0.508 e. The smallest absolute Gasteiger partial charge is 0.120 e. The molecule has 0 amide bonds. The first kappa shape index (κ1) is 11.9. The summed E-state index contributed by atoms with van der Waals surface area (Å²) in [5.41, 5.74) is 1.66. The first-order valence-corrected chi connectivity index (χ1v) is 5.96. The van der Waals surface area contributed by atoms with Crippen LogP contribution in [0.25, 0.3) is 0 Å². The number of phenols is 1. The van der Waals surface area contributed by atoms with E-state index in [1.807, 2.05) is 31.1 Å². The number of rotatable bonds is 3. The van der Waals surface area contributed by atoms with Gasteiger partial charge in [-0.15, -0.1) is 0 Å². The normalized spacial score (nSPS) is 17.5. The van der Waals surface area contributed by atoms with Gasteiger partial charge < -0.3 is 10.0 Å². The Labute approximate surface area is 102 Å². The van der Waals surface area contributed by atoms with Gasteiger partial charge in [-0.25, -0.2) is 0 Å². The Kier molecular flexibility index (Phi) is 3.08. The average molecular weight is 230 g/mol. The number of phenolic OH excluding ortho intramolecular Hbond substituents is 1. The third kappa shape index (κ3) is 2.13. The maximum absolute atomic E-state index is 9.80. The van der Waals surface area contributed by atoms with Gasteiger partial charge in [0.2, 0.25) is 0 Å². The van der Waals surface area contributed by atoms with Gasteiger partial charge in [0, 0.05) is 12.1 Å². The summed E-state index contributed by atoms with van der Waals surface area (Å²) in [7, 11) is 3.94. The molecule has 3 nitrogen and oxygen atoms in total. The fourth-order valence-corrected chi connectivity index (χ4v) is 2.35. The fraction of sp³-hybridized carbons (Fsp3) is 0.500. The summed E-state index contributed by atoms with van der Waals surface area (Å²) >= 11 is 0. The van der Waals surface area contributed by atoms with Crippen molar-refractivity contribution in [2.75, 3.05) is 14.1 Å². The first-order valence-electron chi connectivity index (χ1n) is 5.96. The minimum atomic E-state index is -0.297. The molecule has 1 aliphatic rings. The highest BCUT2D eigenvalue weighted by atomic mass is 16.3. The largest absolute Gasteiger partial charge is 0.508 e. The van der Waals surface area contributed by atoms with Crippen LogP contribution in [0, 0.1) is 11.3 Å². The number of hydrogen-bond acceptors (Lipinski definition) is 3. The molecule has 0 radical (unpaired) electrons. The van der Waals surface area contributed by atoms with E-state index in [1.165, 1.54) is 0 Å². The van der Waals surface area contributed by atoms with E-state index in [0.29, 0.717) is 12.3 Å². The third-order valence-corrected chi connectivity index (χ3v) is 3.54. The van der Waals surface area contributed by atoms with E-state index in [-0.39, 0.29) is 5.41 Å². The highest BCUT2D eigenvalue weighted by Crippen LogP contribution is 2.44. The second-order valence-electron chi connectivity index (χ2n) is 5.13. The molecule has 1 saturated carbocycles. The highest BCUT2D eigenvalue weighted by molar-refractivity contribution is 5.43. The Morgan fingerprint density at radius 2 is 2.12 bits per heavy atom. The van der Waals surface area contributed by atoms with E-state index in [4.69, 9.17) is 0 Å². The quantitative estimate of drug-likeness (QED) is 0.867. The lowest BCUT2D eigenvalue weighted by atomic mass is 9.65. The molecule has 0 saturated heterocycles. The number of aromatic hydroxyl groups is 1. The number of nitrogens with zero attached hydrogens (tertiary/aromatic N) is 2. The summed E-state index contributed by atoms with van der Waals surface area (Å²) < 4.78 is 0. The second kappa shape index (κ2) is 4.38. The fourth-order valence-electron chi connectivity index (χ4n) is 2.35. The molecule has 90 valence electrons. The molecule has 1 fully saturated rings. The lowest BCUT2D eigenvalue weighted by Crippen LogP contribution is -2.32. The predicted octanol–water partition coefficient (Wildman–Crippen LogP) is 2.40. The van der Waals surface area contributed by atoms with E-state index in [9.17, 15) is 10.4 Å². The standard InChI is InChI=1S/C14H18N2O/c1-16(2)9-11-8-12(4-5-13(11)17)14(10-15)6-3-7-14/h4-5,8,17H,3,6-7,9H2,1-2H3. The van der Waals surface area contributed by atoms with Crippen LogP contribution in [-0.2, 0) is 12.0 Å². The molecule has 1 aromatic rings. The summed E-state index contributed by atoms with van der Waals surface area (Å²) in [5, 5.41) is 19.1. The lowest BCUT2D eigenvalue weighted by Gasteiger charge is -2.36. The van der Waals surface area contributed by atoms with Crippen molar-refractivity contribution < 1.29 is 5.11 Å². The molecule has 3 heteroatoms. The molecule has 0 bridgehead atoms. The van der Waals surface area contributed by atoms with E-state index in [2.05, 4.69) is 6.07 Å². The van der Waals surface area contributed by atoms with Crippen LogP contribution in [0.15, 0.2) is 18.2 Å². The van der Waals surface area contributed by atoms with Crippen LogP contribution in [-0.4, -0.2) is 24.1 Å². The summed E-state index contributed by atoms with van der Waals surface area (Å²) in [6.45, 7) is 0.696. The second-order valence-corrected chi connectivity index (χ2v) is 5.13. The topological polar surface area (TPSA) is 47.3 Å². The summed E-state index contributed by atoms with van der Waals surface area (Å²) in [6.07, 6.45) is 3.00. The summed E-state index contributed by atoms with van der Waals surface area (Å²) in [5.74, 6) is 0.315. The predicted molar refractivity (Wildman–Crippen MR) is 66.6 cm³/mol. The average Bonchev–Trinajstić information content (AvgIpc) is 2.21. The van der Waals surface area contributed by atoms with Crippen molar-refractivity contribution in [3.63, 3.8) is 0 Å². The number of hydrogen-bond donors (Lipinski definition) is 1. The molecule has 17 heavy (non-hydrogen) atoms. The van der Waals surface area contributed by atoms with Gasteiger partial charge in [-0.2, -0.15) is 5.26 Å². The molecule has 1 N–H and O–H groups in total. The Bertz CT molecular complexity index is 456. The van der Waals surface area contributed by atoms with Gasteiger partial charge in [-0.05, 0) is 51.1 Å². The Morgan fingerprint density at radius 1 is 1.41 bits per heavy atom. The molecule has 0 heterocycles.